The summed E-state index contributed by atoms with van der Waals surface area (Å²) >= 11 is 1.52. The quantitative estimate of drug-likeness (QED) is 0.703. The normalized spacial score (nSPS) is 23.1. The number of carbonyl (C=O) groups is 2. The molecule has 6 heteroatoms. The van der Waals surface area contributed by atoms with Gasteiger partial charge in [-0.15, -0.1) is 11.8 Å². The fourth-order valence-electron chi connectivity index (χ4n) is 1.79. The zero-order valence-corrected chi connectivity index (χ0v) is 9.89. The third kappa shape index (κ3) is 2.68. The van der Waals surface area contributed by atoms with E-state index in [0.717, 1.165) is 19.3 Å². The maximum atomic E-state index is 11.5. The number of amides is 2. The molecule has 1 heterocycles. The summed E-state index contributed by atoms with van der Waals surface area (Å²) in [6, 6.07) is 0. The van der Waals surface area contributed by atoms with Gasteiger partial charge in [-0.2, -0.15) is 0 Å². The summed E-state index contributed by atoms with van der Waals surface area (Å²) in [5, 5.41) is 12.5. The van der Waals surface area contributed by atoms with Gasteiger partial charge in [-0.1, -0.05) is 0 Å². The number of thioether (sulfide) groups is 1. The van der Waals surface area contributed by atoms with Crippen LogP contribution in [-0.4, -0.2) is 52.1 Å². The Balaban J connectivity index is 1.70. The van der Waals surface area contributed by atoms with Crippen LogP contribution in [0.4, 0.5) is 0 Å². The van der Waals surface area contributed by atoms with Crippen LogP contribution in [0.5, 0.6) is 0 Å². The van der Waals surface area contributed by atoms with Crippen molar-refractivity contribution in [1.29, 1.82) is 0 Å². The second kappa shape index (κ2) is 4.63. The Morgan fingerprint density at radius 2 is 2.31 bits per heavy atom. The summed E-state index contributed by atoms with van der Waals surface area (Å²) in [5.74, 6) is 0.895. The summed E-state index contributed by atoms with van der Waals surface area (Å²) in [5.41, 5.74) is -0.695. The van der Waals surface area contributed by atoms with Gasteiger partial charge in [-0.3, -0.25) is 9.59 Å². The number of nitrogens with one attached hydrogen (secondary N) is 1. The number of aliphatic hydroxyl groups is 1. The molecule has 2 fully saturated rings. The van der Waals surface area contributed by atoms with E-state index in [9.17, 15) is 14.7 Å². The van der Waals surface area contributed by atoms with Crippen LogP contribution in [0.25, 0.3) is 0 Å². The van der Waals surface area contributed by atoms with Crippen molar-refractivity contribution in [2.24, 2.45) is 0 Å². The average molecular weight is 244 g/mol. The minimum absolute atomic E-state index is 0.0162. The molecule has 0 atom stereocenters. The Morgan fingerprint density at radius 3 is 2.81 bits per heavy atom. The van der Waals surface area contributed by atoms with Gasteiger partial charge in [0.15, 0.2) is 0 Å². The van der Waals surface area contributed by atoms with Crippen LogP contribution in [0.2, 0.25) is 0 Å². The van der Waals surface area contributed by atoms with Crippen LogP contribution in [0.3, 0.4) is 0 Å². The van der Waals surface area contributed by atoms with Crippen molar-refractivity contribution in [3.8, 4) is 0 Å². The van der Waals surface area contributed by atoms with E-state index in [2.05, 4.69) is 5.32 Å². The summed E-state index contributed by atoms with van der Waals surface area (Å²) in [6.45, 7) is 0.420. The molecule has 0 aromatic heterocycles. The van der Waals surface area contributed by atoms with Gasteiger partial charge in [-0.05, 0) is 19.3 Å². The number of carbonyl (C=O) groups excluding carboxylic acids is 2. The highest BCUT2D eigenvalue weighted by atomic mass is 32.2. The van der Waals surface area contributed by atoms with Gasteiger partial charge in [0.05, 0.1) is 17.2 Å². The van der Waals surface area contributed by atoms with Gasteiger partial charge in [0, 0.05) is 6.54 Å². The highest BCUT2D eigenvalue weighted by Crippen LogP contribution is 2.30. The summed E-state index contributed by atoms with van der Waals surface area (Å²) in [7, 11) is 0. The van der Waals surface area contributed by atoms with Crippen molar-refractivity contribution < 1.29 is 14.7 Å². The Kier molecular flexibility index (Phi) is 3.39. The summed E-state index contributed by atoms with van der Waals surface area (Å²) in [6.07, 6.45) is 2.53. The van der Waals surface area contributed by atoms with E-state index < -0.39 is 5.60 Å². The first-order chi connectivity index (χ1) is 7.59. The lowest BCUT2D eigenvalue weighted by Crippen LogP contribution is -2.49. The lowest BCUT2D eigenvalue weighted by Gasteiger charge is -2.36. The largest absolute Gasteiger partial charge is 0.388 e. The van der Waals surface area contributed by atoms with Crippen molar-refractivity contribution >= 4 is 23.6 Å². The molecule has 90 valence electrons. The van der Waals surface area contributed by atoms with Crippen molar-refractivity contribution in [1.82, 2.24) is 10.2 Å². The maximum absolute atomic E-state index is 11.5. The zero-order chi connectivity index (χ0) is 11.6. The minimum atomic E-state index is -0.695. The fourth-order valence-corrected chi connectivity index (χ4v) is 2.70. The summed E-state index contributed by atoms with van der Waals surface area (Å²) < 4.78 is 0. The molecule has 0 unspecified atom stereocenters. The summed E-state index contributed by atoms with van der Waals surface area (Å²) in [4.78, 5) is 24.3. The van der Waals surface area contributed by atoms with E-state index in [4.69, 9.17) is 0 Å². The number of hydrogen-bond acceptors (Lipinski definition) is 4. The highest BCUT2D eigenvalue weighted by molar-refractivity contribution is 8.00. The van der Waals surface area contributed by atoms with Crippen LogP contribution >= 0.6 is 11.8 Å². The van der Waals surface area contributed by atoms with Crippen molar-refractivity contribution in [3.05, 3.63) is 0 Å². The van der Waals surface area contributed by atoms with E-state index in [0.29, 0.717) is 18.2 Å². The molecule has 2 amide bonds. The smallest absolute Gasteiger partial charge is 0.239 e. The van der Waals surface area contributed by atoms with Gasteiger partial charge in [0.25, 0.3) is 0 Å². The standard InChI is InChI=1S/C10H16N2O3S/c13-8(4-12-7-16-5-9(12)14)11-6-10(15)2-1-3-10/h15H,1-7H2,(H,11,13). The maximum Gasteiger partial charge on any atom is 0.239 e. The number of hydrogen-bond donors (Lipinski definition) is 2. The molecule has 2 N–H and O–H groups in total. The highest BCUT2D eigenvalue weighted by Gasteiger charge is 2.34. The van der Waals surface area contributed by atoms with Crippen LogP contribution in [-0.2, 0) is 9.59 Å². The van der Waals surface area contributed by atoms with E-state index in [1.165, 1.54) is 16.7 Å². The predicted molar refractivity (Wildman–Crippen MR) is 60.8 cm³/mol. The van der Waals surface area contributed by atoms with Gasteiger partial charge in [-0.25, -0.2) is 0 Å². The molecule has 0 bridgehead atoms. The van der Waals surface area contributed by atoms with Crippen LogP contribution < -0.4 is 5.32 Å². The van der Waals surface area contributed by atoms with Crippen molar-refractivity contribution in [3.63, 3.8) is 0 Å². The van der Waals surface area contributed by atoms with Crippen LogP contribution in [0, 0.1) is 0 Å². The topological polar surface area (TPSA) is 69.6 Å². The molecule has 5 nitrogen and oxygen atoms in total. The molecule has 0 aromatic rings. The number of rotatable bonds is 4. The first-order valence-corrected chi connectivity index (χ1v) is 6.59. The van der Waals surface area contributed by atoms with Gasteiger partial charge in [0.1, 0.15) is 6.54 Å². The Labute approximate surface area is 98.6 Å². The SMILES string of the molecule is O=C(CN1CSCC1=O)NCC1(O)CCC1. The second-order valence-electron chi connectivity index (χ2n) is 4.42. The Morgan fingerprint density at radius 1 is 1.56 bits per heavy atom. The van der Waals surface area contributed by atoms with E-state index >= 15 is 0 Å². The lowest BCUT2D eigenvalue weighted by molar-refractivity contribution is -0.133. The zero-order valence-electron chi connectivity index (χ0n) is 9.07. The van der Waals surface area contributed by atoms with E-state index in [1.807, 2.05) is 0 Å². The molecule has 1 aliphatic carbocycles. The van der Waals surface area contributed by atoms with Gasteiger partial charge >= 0.3 is 0 Å². The van der Waals surface area contributed by atoms with Crippen molar-refractivity contribution in [2.75, 3.05) is 24.7 Å². The third-order valence-electron chi connectivity index (χ3n) is 3.06. The molecular formula is C10H16N2O3S. The van der Waals surface area contributed by atoms with E-state index in [-0.39, 0.29) is 18.4 Å². The molecule has 0 radical (unpaired) electrons. The first kappa shape index (κ1) is 11.7. The molecule has 0 spiro atoms. The molecular weight excluding hydrogens is 228 g/mol. The predicted octanol–water partition coefficient (Wildman–Crippen LogP) is -0.450. The van der Waals surface area contributed by atoms with Gasteiger partial charge < -0.3 is 15.3 Å². The first-order valence-electron chi connectivity index (χ1n) is 5.44. The molecule has 1 saturated heterocycles. The van der Waals surface area contributed by atoms with Crippen LogP contribution in [0.1, 0.15) is 19.3 Å². The van der Waals surface area contributed by atoms with Crippen LogP contribution in [0.15, 0.2) is 0 Å². The molecule has 2 aliphatic rings. The lowest BCUT2D eigenvalue weighted by atomic mass is 9.80. The molecule has 1 aliphatic heterocycles. The third-order valence-corrected chi connectivity index (χ3v) is 4.00. The van der Waals surface area contributed by atoms with Crippen molar-refractivity contribution in [2.45, 2.75) is 24.9 Å². The second-order valence-corrected chi connectivity index (χ2v) is 5.38. The Hall–Kier alpha value is -0.750. The average Bonchev–Trinajstić information content (AvgIpc) is 2.59. The molecule has 16 heavy (non-hydrogen) atoms. The monoisotopic (exact) mass is 244 g/mol. The molecule has 2 rings (SSSR count). The molecule has 0 aromatic carbocycles. The Bertz CT molecular complexity index is 304. The number of nitrogens with zero attached hydrogens (tertiary/aromatic N) is 1. The minimum Gasteiger partial charge on any atom is -0.388 e. The molecule has 1 saturated carbocycles. The fraction of sp³-hybridized carbons (Fsp3) is 0.800. The van der Waals surface area contributed by atoms with E-state index in [1.54, 1.807) is 0 Å². The van der Waals surface area contributed by atoms with Gasteiger partial charge in [0.2, 0.25) is 11.8 Å².